The first-order chi connectivity index (χ1) is 11.6. The molecule has 24 heavy (non-hydrogen) atoms. The predicted octanol–water partition coefficient (Wildman–Crippen LogP) is 2.48. The second-order valence-corrected chi connectivity index (χ2v) is 6.46. The highest BCUT2D eigenvalue weighted by Gasteiger charge is 2.19. The highest BCUT2D eigenvalue weighted by Crippen LogP contribution is 2.24. The van der Waals surface area contributed by atoms with E-state index in [2.05, 4.69) is 21.5 Å². The number of pyridine rings is 2. The van der Waals surface area contributed by atoms with Gasteiger partial charge in [0, 0.05) is 26.5 Å². The minimum Gasteiger partial charge on any atom is -0.342 e. The van der Waals surface area contributed by atoms with Gasteiger partial charge in [-0.2, -0.15) is 0 Å². The molecule has 0 spiro atoms. The Morgan fingerprint density at radius 1 is 1.17 bits per heavy atom. The molecule has 7 heteroatoms. The zero-order valence-electron chi connectivity index (χ0n) is 13.5. The summed E-state index contributed by atoms with van der Waals surface area (Å²) in [6, 6.07) is 9.13. The summed E-state index contributed by atoms with van der Waals surface area (Å²) in [5.74, 6) is 0. The van der Waals surface area contributed by atoms with Crippen molar-refractivity contribution in [3.05, 3.63) is 67.4 Å². The third-order valence-electron chi connectivity index (χ3n) is 3.67. The van der Waals surface area contributed by atoms with Gasteiger partial charge in [-0.25, -0.2) is 14.2 Å². The van der Waals surface area contributed by atoms with E-state index in [1.807, 2.05) is 31.1 Å². The van der Waals surface area contributed by atoms with Crippen LogP contribution in [0.5, 0.6) is 0 Å². The lowest BCUT2D eigenvalue weighted by Gasteiger charge is -2.21. The first-order valence-corrected chi connectivity index (χ1v) is 8.42. The van der Waals surface area contributed by atoms with Crippen LogP contribution in [0.1, 0.15) is 5.69 Å². The molecule has 0 aliphatic rings. The van der Waals surface area contributed by atoms with Gasteiger partial charge >= 0.3 is 0 Å². The van der Waals surface area contributed by atoms with Crippen molar-refractivity contribution in [2.24, 2.45) is 7.05 Å². The number of hydrogen-bond donors (Lipinski definition) is 0. The van der Waals surface area contributed by atoms with Crippen LogP contribution in [0.3, 0.4) is 0 Å². The molecule has 0 fully saturated rings. The van der Waals surface area contributed by atoms with Crippen molar-refractivity contribution in [1.82, 2.24) is 19.5 Å². The summed E-state index contributed by atoms with van der Waals surface area (Å²) in [6.07, 6.45) is 6.77. The second-order valence-electron chi connectivity index (χ2n) is 5.14. The van der Waals surface area contributed by atoms with Crippen molar-refractivity contribution >= 4 is 22.2 Å². The first-order valence-electron chi connectivity index (χ1n) is 7.27. The van der Waals surface area contributed by atoms with Crippen LogP contribution in [0.2, 0.25) is 0 Å². The van der Waals surface area contributed by atoms with Crippen LogP contribution < -0.4 is 4.90 Å². The van der Waals surface area contributed by atoms with Crippen molar-refractivity contribution in [1.29, 1.82) is 0 Å². The SMILES string of the molecule is C=C(c1cnc(S(=O)c2ccccn2)n1C)N(C)c1cccnc1. The fraction of sp³-hybridized carbons (Fsp3) is 0.118. The summed E-state index contributed by atoms with van der Waals surface area (Å²) in [4.78, 5) is 14.5. The predicted molar refractivity (Wildman–Crippen MR) is 93.8 cm³/mol. The van der Waals surface area contributed by atoms with Crippen LogP contribution in [-0.4, -0.2) is 30.8 Å². The third kappa shape index (κ3) is 2.98. The molecule has 0 aliphatic carbocycles. The van der Waals surface area contributed by atoms with Crippen molar-refractivity contribution in [3.8, 4) is 0 Å². The Labute approximate surface area is 143 Å². The molecular weight excluding hydrogens is 322 g/mol. The van der Waals surface area contributed by atoms with E-state index < -0.39 is 10.8 Å². The Morgan fingerprint density at radius 3 is 2.67 bits per heavy atom. The monoisotopic (exact) mass is 339 g/mol. The fourth-order valence-electron chi connectivity index (χ4n) is 2.26. The van der Waals surface area contributed by atoms with Gasteiger partial charge in [0.25, 0.3) is 0 Å². The molecule has 0 saturated heterocycles. The van der Waals surface area contributed by atoms with E-state index >= 15 is 0 Å². The van der Waals surface area contributed by atoms with Gasteiger partial charge in [0.2, 0.25) is 5.16 Å². The maximum Gasteiger partial charge on any atom is 0.205 e. The van der Waals surface area contributed by atoms with Crippen LogP contribution in [0.15, 0.2) is 71.9 Å². The highest BCUT2D eigenvalue weighted by molar-refractivity contribution is 7.84. The van der Waals surface area contributed by atoms with E-state index in [-0.39, 0.29) is 0 Å². The number of anilines is 1. The third-order valence-corrected chi connectivity index (χ3v) is 5.01. The smallest absolute Gasteiger partial charge is 0.205 e. The average molecular weight is 339 g/mol. The molecule has 1 unspecified atom stereocenters. The summed E-state index contributed by atoms with van der Waals surface area (Å²) in [6.45, 7) is 4.13. The standard InChI is InChI=1S/C17H17N5OS/c1-13(21(2)14-7-6-9-18-11-14)15-12-20-17(22(15)3)24(23)16-8-4-5-10-19-16/h4-12H,1H2,2-3H3. The molecule has 3 rings (SSSR count). The van der Waals surface area contributed by atoms with E-state index in [0.29, 0.717) is 10.2 Å². The van der Waals surface area contributed by atoms with Gasteiger partial charge in [0.05, 0.1) is 29.5 Å². The number of aromatic nitrogens is 4. The maximum absolute atomic E-state index is 12.7. The summed E-state index contributed by atoms with van der Waals surface area (Å²) in [5, 5.41) is 0.911. The van der Waals surface area contributed by atoms with Crippen molar-refractivity contribution in [3.63, 3.8) is 0 Å². The first kappa shape index (κ1) is 16.1. The van der Waals surface area contributed by atoms with E-state index in [0.717, 1.165) is 17.1 Å². The second kappa shape index (κ2) is 6.76. The molecule has 0 bridgehead atoms. The molecule has 0 aliphatic heterocycles. The van der Waals surface area contributed by atoms with Crippen LogP contribution in [0.25, 0.3) is 5.70 Å². The summed E-state index contributed by atoms with van der Waals surface area (Å²) < 4.78 is 14.4. The fourth-order valence-corrected chi connectivity index (χ4v) is 3.30. The number of nitrogens with zero attached hydrogens (tertiary/aromatic N) is 5. The Hall–Kier alpha value is -2.80. The normalized spacial score (nSPS) is 11.9. The average Bonchev–Trinajstić information content (AvgIpc) is 3.02. The Kier molecular flexibility index (Phi) is 4.52. The van der Waals surface area contributed by atoms with Gasteiger partial charge in [-0.05, 0) is 24.3 Å². The van der Waals surface area contributed by atoms with Crippen LogP contribution in [0, 0.1) is 0 Å². The highest BCUT2D eigenvalue weighted by atomic mass is 32.2. The van der Waals surface area contributed by atoms with Crippen molar-refractivity contribution in [2.45, 2.75) is 10.2 Å². The van der Waals surface area contributed by atoms with E-state index in [1.54, 1.807) is 47.6 Å². The zero-order valence-corrected chi connectivity index (χ0v) is 14.3. The van der Waals surface area contributed by atoms with E-state index in [1.165, 1.54) is 0 Å². The molecule has 0 saturated carbocycles. The minimum absolute atomic E-state index is 0.435. The van der Waals surface area contributed by atoms with Crippen LogP contribution >= 0.6 is 0 Å². The Bertz CT molecular complexity index is 877. The van der Waals surface area contributed by atoms with Crippen LogP contribution in [0.4, 0.5) is 5.69 Å². The number of rotatable bonds is 5. The van der Waals surface area contributed by atoms with Gasteiger partial charge in [0.15, 0.2) is 0 Å². The molecule has 0 radical (unpaired) electrons. The molecule has 122 valence electrons. The topological polar surface area (TPSA) is 63.9 Å². The quantitative estimate of drug-likeness (QED) is 0.714. The van der Waals surface area contributed by atoms with Crippen molar-refractivity contribution in [2.75, 3.05) is 11.9 Å². The molecule has 1 atom stereocenters. The zero-order chi connectivity index (χ0) is 17.1. The van der Waals surface area contributed by atoms with Gasteiger partial charge in [-0.15, -0.1) is 0 Å². The van der Waals surface area contributed by atoms with Gasteiger partial charge in [-0.3, -0.25) is 4.98 Å². The van der Waals surface area contributed by atoms with Crippen molar-refractivity contribution < 1.29 is 4.21 Å². The van der Waals surface area contributed by atoms with E-state index in [9.17, 15) is 4.21 Å². The molecular formula is C17H17N5OS. The van der Waals surface area contributed by atoms with E-state index in [4.69, 9.17) is 0 Å². The molecule has 0 amide bonds. The lowest BCUT2D eigenvalue weighted by Crippen LogP contribution is -2.17. The minimum atomic E-state index is -1.44. The van der Waals surface area contributed by atoms with Crippen LogP contribution in [-0.2, 0) is 17.8 Å². The summed E-state index contributed by atoms with van der Waals surface area (Å²) in [7, 11) is 2.28. The van der Waals surface area contributed by atoms with Gasteiger partial charge in [-0.1, -0.05) is 12.6 Å². The van der Waals surface area contributed by atoms with Gasteiger partial charge < -0.3 is 9.47 Å². The summed E-state index contributed by atoms with van der Waals surface area (Å²) in [5.41, 5.74) is 2.43. The molecule has 3 aromatic rings. The molecule has 3 heterocycles. The number of imidazole rings is 1. The Balaban J connectivity index is 1.90. The number of hydrogen-bond acceptors (Lipinski definition) is 5. The summed E-state index contributed by atoms with van der Waals surface area (Å²) >= 11 is 0. The lowest BCUT2D eigenvalue weighted by molar-refractivity contribution is 0.661. The molecule has 6 nitrogen and oxygen atoms in total. The largest absolute Gasteiger partial charge is 0.342 e. The maximum atomic E-state index is 12.7. The lowest BCUT2D eigenvalue weighted by atomic mass is 10.3. The van der Waals surface area contributed by atoms with Gasteiger partial charge in [0.1, 0.15) is 15.8 Å². The molecule has 0 N–H and O–H groups in total. The molecule has 0 aromatic carbocycles. The molecule has 3 aromatic heterocycles. The Morgan fingerprint density at radius 2 is 2.00 bits per heavy atom.